The number of ether oxygens (including phenoxy) is 1. The average molecular weight is 716 g/mol. The lowest BCUT2D eigenvalue weighted by atomic mass is 9.78. The summed E-state index contributed by atoms with van der Waals surface area (Å²) in [5.41, 5.74) is 14.2. The average Bonchev–Trinajstić information content (AvgIpc) is 3.66. The van der Waals surface area contributed by atoms with Crippen LogP contribution in [0.5, 0.6) is 5.75 Å². The van der Waals surface area contributed by atoms with Gasteiger partial charge in [0.05, 0.1) is 0 Å². The molecule has 11 rings (SSSR count). The Bertz CT molecular complexity index is 2930. The minimum absolute atomic E-state index is 0.0572. The molecule has 2 aliphatic rings. The second-order valence-corrected chi connectivity index (χ2v) is 14.8. The zero-order valence-electron chi connectivity index (χ0n) is 30.7. The van der Waals surface area contributed by atoms with Crippen molar-refractivity contribution in [3.63, 3.8) is 0 Å². The van der Waals surface area contributed by atoms with Crippen LogP contribution in [0.15, 0.2) is 212 Å². The van der Waals surface area contributed by atoms with Crippen molar-refractivity contribution in [1.82, 2.24) is 0 Å². The molecule has 1 aliphatic heterocycles. The van der Waals surface area contributed by atoms with Crippen molar-refractivity contribution >= 4 is 44.2 Å². The Morgan fingerprint density at radius 2 is 0.929 bits per heavy atom. The van der Waals surface area contributed by atoms with E-state index in [2.05, 4.69) is 217 Å². The number of fused-ring (bicyclic) bond motifs is 8. The van der Waals surface area contributed by atoms with Crippen LogP contribution in [-0.2, 0) is 0 Å². The Morgan fingerprint density at radius 1 is 0.375 bits per heavy atom. The van der Waals surface area contributed by atoms with Gasteiger partial charge >= 0.3 is 0 Å². The monoisotopic (exact) mass is 715 g/mol. The van der Waals surface area contributed by atoms with Crippen LogP contribution >= 0.6 is 0 Å². The summed E-state index contributed by atoms with van der Waals surface area (Å²) in [6.45, 7) is 0. The highest BCUT2D eigenvalue weighted by atomic mass is 16.5. The molecule has 0 spiro atoms. The van der Waals surface area contributed by atoms with Crippen molar-refractivity contribution in [1.29, 1.82) is 0 Å². The Morgan fingerprint density at radius 3 is 1.70 bits per heavy atom. The molecule has 0 N–H and O–H groups in total. The van der Waals surface area contributed by atoms with Crippen LogP contribution in [0, 0.1) is 0 Å². The highest BCUT2D eigenvalue weighted by molar-refractivity contribution is 6.13. The number of hydrogen-bond acceptors (Lipinski definition) is 2. The molecule has 0 amide bonds. The van der Waals surface area contributed by atoms with Gasteiger partial charge in [0.2, 0.25) is 0 Å². The largest absolute Gasteiger partial charge is 0.484 e. The molecule has 1 aliphatic carbocycles. The lowest BCUT2D eigenvalue weighted by Gasteiger charge is -2.28. The molecule has 0 fully saturated rings. The molecule has 56 heavy (non-hydrogen) atoms. The van der Waals surface area contributed by atoms with Crippen LogP contribution in [0.1, 0.15) is 34.3 Å². The first-order valence-corrected chi connectivity index (χ1v) is 19.4. The Labute approximate surface area is 327 Å². The van der Waals surface area contributed by atoms with Crippen molar-refractivity contribution in [3.05, 3.63) is 235 Å². The molecule has 2 atom stereocenters. The maximum atomic E-state index is 6.88. The topological polar surface area (TPSA) is 12.5 Å². The van der Waals surface area contributed by atoms with Gasteiger partial charge in [-0.05, 0) is 97.4 Å². The van der Waals surface area contributed by atoms with E-state index in [-0.39, 0.29) is 12.0 Å². The van der Waals surface area contributed by atoms with E-state index < -0.39 is 0 Å². The van der Waals surface area contributed by atoms with Gasteiger partial charge in [0.25, 0.3) is 0 Å². The smallest absolute Gasteiger partial charge is 0.135 e. The molecule has 9 aromatic rings. The van der Waals surface area contributed by atoms with Gasteiger partial charge in [-0.1, -0.05) is 170 Å². The minimum atomic E-state index is -0.0572. The lowest BCUT2D eigenvalue weighted by Crippen LogP contribution is -2.16. The third-order valence-electron chi connectivity index (χ3n) is 11.6. The van der Waals surface area contributed by atoms with E-state index >= 15 is 0 Å². The molecule has 2 heteroatoms. The van der Waals surface area contributed by atoms with E-state index in [0.717, 1.165) is 28.4 Å². The maximum Gasteiger partial charge on any atom is 0.135 e. The summed E-state index contributed by atoms with van der Waals surface area (Å²) in [6.07, 6.45) is 2.38. The Kier molecular flexibility index (Phi) is 7.67. The highest BCUT2D eigenvalue weighted by Crippen LogP contribution is 2.55. The van der Waals surface area contributed by atoms with Crippen LogP contribution in [0.25, 0.3) is 49.4 Å². The zero-order valence-corrected chi connectivity index (χ0v) is 30.7. The number of rotatable bonds is 6. The van der Waals surface area contributed by atoms with Crippen molar-refractivity contribution in [2.45, 2.75) is 12.0 Å². The number of anilines is 3. The van der Waals surface area contributed by atoms with Crippen molar-refractivity contribution in [2.24, 2.45) is 0 Å². The molecule has 2 unspecified atom stereocenters. The fourth-order valence-electron chi connectivity index (χ4n) is 9.00. The Hall–Kier alpha value is -7.16. The zero-order chi connectivity index (χ0) is 37.0. The molecule has 264 valence electrons. The summed E-state index contributed by atoms with van der Waals surface area (Å²) >= 11 is 0. The summed E-state index contributed by atoms with van der Waals surface area (Å²) < 4.78 is 6.88. The number of benzene rings is 9. The van der Waals surface area contributed by atoms with E-state index in [9.17, 15) is 0 Å². The van der Waals surface area contributed by atoms with Crippen molar-refractivity contribution in [3.8, 4) is 28.0 Å². The lowest BCUT2D eigenvalue weighted by molar-refractivity contribution is 0.224. The standard InChI is InChI=1S/C54H37NO/c1-3-14-36(15-4-1)44-24-13-25-49-52-35-51(47-22-11-12-23-48(47)54(52)56-53(44)49)38-28-32-42(33-29-38)55(40-17-5-2-6-18-40)41-30-26-37(27-31-41)50-34-39-16-7-8-19-43(39)45-20-9-10-21-46(45)50/h1-35,52,54H. The normalized spacial score (nSPS) is 15.4. The second kappa shape index (κ2) is 13.3. The van der Waals surface area contributed by atoms with E-state index in [1.807, 2.05) is 0 Å². The maximum absolute atomic E-state index is 6.88. The summed E-state index contributed by atoms with van der Waals surface area (Å²) in [5.74, 6) is 1.12. The third-order valence-corrected chi connectivity index (χ3v) is 11.6. The molecule has 0 bridgehead atoms. The first-order valence-electron chi connectivity index (χ1n) is 19.4. The summed E-state index contributed by atoms with van der Waals surface area (Å²) in [4.78, 5) is 2.34. The third kappa shape index (κ3) is 5.33. The Balaban J connectivity index is 0.970. The molecular weight excluding hydrogens is 679 g/mol. The van der Waals surface area contributed by atoms with Gasteiger partial charge in [0.1, 0.15) is 11.9 Å². The van der Waals surface area contributed by atoms with Crippen LogP contribution in [0.3, 0.4) is 0 Å². The van der Waals surface area contributed by atoms with Gasteiger partial charge in [-0.3, -0.25) is 0 Å². The molecule has 2 nitrogen and oxygen atoms in total. The SMILES string of the molecule is C1=C(c2ccc(N(c3ccccc3)c3ccc(-c4cc5ccccc5c5ccccc45)cc3)cc2)c2ccccc2C2Oc3c(-c4ccccc4)cccc3C12. The van der Waals surface area contributed by atoms with Gasteiger partial charge in [0, 0.05) is 39.7 Å². The molecule has 0 radical (unpaired) electrons. The second-order valence-electron chi connectivity index (χ2n) is 14.8. The summed E-state index contributed by atoms with van der Waals surface area (Å²) in [7, 11) is 0. The molecule has 0 saturated heterocycles. The van der Waals surface area contributed by atoms with E-state index in [1.54, 1.807) is 0 Å². The quantitative estimate of drug-likeness (QED) is 0.159. The first-order chi connectivity index (χ1) is 27.8. The van der Waals surface area contributed by atoms with Gasteiger partial charge < -0.3 is 9.64 Å². The highest BCUT2D eigenvalue weighted by Gasteiger charge is 2.40. The predicted molar refractivity (Wildman–Crippen MR) is 233 cm³/mol. The molecule has 9 aromatic carbocycles. The van der Waals surface area contributed by atoms with Crippen molar-refractivity contribution < 1.29 is 4.74 Å². The first kappa shape index (κ1) is 32.3. The van der Waals surface area contributed by atoms with Gasteiger partial charge in [-0.15, -0.1) is 0 Å². The fourth-order valence-corrected chi connectivity index (χ4v) is 9.00. The summed E-state index contributed by atoms with van der Waals surface area (Å²) in [5, 5.41) is 5.09. The molecule has 1 heterocycles. The molecule has 0 aromatic heterocycles. The van der Waals surface area contributed by atoms with Crippen LogP contribution in [0.2, 0.25) is 0 Å². The molecular formula is C54H37NO. The number of para-hydroxylation sites is 2. The van der Waals surface area contributed by atoms with E-state index in [0.29, 0.717) is 0 Å². The van der Waals surface area contributed by atoms with Gasteiger partial charge in [-0.25, -0.2) is 0 Å². The molecule has 0 saturated carbocycles. The van der Waals surface area contributed by atoms with Gasteiger partial charge in [0.15, 0.2) is 0 Å². The van der Waals surface area contributed by atoms with Crippen LogP contribution in [0.4, 0.5) is 17.1 Å². The summed E-state index contributed by atoms with van der Waals surface area (Å²) in [6, 6.07) is 74.4. The minimum Gasteiger partial charge on any atom is -0.484 e. The van der Waals surface area contributed by atoms with Crippen molar-refractivity contribution in [2.75, 3.05) is 4.90 Å². The van der Waals surface area contributed by atoms with E-state index in [1.165, 1.54) is 66.1 Å². The fraction of sp³-hybridized carbons (Fsp3) is 0.0370. The van der Waals surface area contributed by atoms with Crippen LogP contribution < -0.4 is 9.64 Å². The number of nitrogens with zero attached hydrogens (tertiary/aromatic N) is 1. The van der Waals surface area contributed by atoms with Crippen LogP contribution in [-0.4, -0.2) is 0 Å². The number of hydrogen-bond donors (Lipinski definition) is 0. The van der Waals surface area contributed by atoms with Gasteiger partial charge in [-0.2, -0.15) is 0 Å². The predicted octanol–water partition coefficient (Wildman–Crippen LogP) is 14.5. The van der Waals surface area contributed by atoms with E-state index in [4.69, 9.17) is 4.74 Å².